The molecule has 0 atom stereocenters. The lowest BCUT2D eigenvalue weighted by molar-refractivity contribution is -0.126. The molecule has 1 aliphatic heterocycles. The molecule has 0 bridgehead atoms. The largest absolute Gasteiger partial charge is 0.492 e. The highest BCUT2D eigenvalue weighted by Crippen LogP contribution is 2.27. The lowest BCUT2D eigenvalue weighted by Gasteiger charge is -2.26. The van der Waals surface area contributed by atoms with Crippen molar-refractivity contribution in [1.29, 1.82) is 0 Å². The molecule has 3 rings (SSSR count). The SMILES string of the molecule is Cl.Cl.NC1(C(=O)NCc2cccc(OCCN3CCOCC3)c2)CCCC1. The standard InChI is InChI=1S/C19H29N3O3.2ClH/c20-19(6-1-2-7-19)18(23)21-15-16-4-3-5-17(14-16)25-13-10-22-8-11-24-12-9-22;;/h3-5,14H,1-2,6-13,15,20H2,(H,21,23);2*1H. The number of hydrogen-bond acceptors (Lipinski definition) is 5. The quantitative estimate of drug-likeness (QED) is 0.707. The van der Waals surface area contributed by atoms with E-state index in [2.05, 4.69) is 10.2 Å². The molecule has 8 heteroatoms. The number of nitrogens with zero attached hydrogens (tertiary/aromatic N) is 1. The summed E-state index contributed by atoms with van der Waals surface area (Å²) >= 11 is 0. The second-order valence-corrected chi connectivity index (χ2v) is 7.00. The van der Waals surface area contributed by atoms with Gasteiger partial charge in [-0.25, -0.2) is 0 Å². The van der Waals surface area contributed by atoms with E-state index in [9.17, 15) is 4.79 Å². The average Bonchev–Trinajstić information content (AvgIpc) is 3.09. The molecule has 1 heterocycles. The molecule has 1 amide bonds. The molecule has 2 aliphatic rings. The summed E-state index contributed by atoms with van der Waals surface area (Å²) in [7, 11) is 0. The molecule has 1 aliphatic carbocycles. The highest BCUT2D eigenvalue weighted by Gasteiger charge is 2.36. The summed E-state index contributed by atoms with van der Waals surface area (Å²) in [6.07, 6.45) is 3.64. The van der Waals surface area contributed by atoms with Crippen molar-refractivity contribution in [1.82, 2.24) is 10.2 Å². The Labute approximate surface area is 174 Å². The van der Waals surface area contributed by atoms with E-state index in [4.69, 9.17) is 15.2 Å². The number of carbonyl (C=O) groups excluding carboxylic acids is 1. The van der Waals surface area contributed by atoms with E-state index in [1.165, 1.54) is 0 Å². The van der Waals surface area contributed by atoms with Crippen LogP contribution in [0, 0.1) is 0 Å². The van der Waals surface area contributed by atoms with Crippen LogP contribution < -0.4 is 15.8 Å². The van der Waals surface area contributed by atoms with Crippen LogP contribution in [0.25, 0.3) is 0 Å². The minimum atomic E-state index is -0.674. The van der Waals surface area contributed by atoms with Crippen molar-refractivity contribution in [3.8, 4) is 5.75 Å². The van der Waals surface area contributed by atoms with Crippen molar-refractivity contribution in [2.75, 3.05) is 39.5 Å². The van der Waals surface area contributed by atoms with Gasteiger partial charge in [0.2, 0.25) is 5.91 Å². The molecule has 0 aromatic heterocycles. The zero-order valence-corrected chi connectivity index (χ0v) is 17.3. The maximum absolute atomic E-state index is 12.3. The van der Waals surface area contributed by atoms with Gasteiger partial charge in [-0.3, -0.25) is 9.69 Å². The molecule has 6 nitrogen and oxygen atoms in total. The summed E-state index contributed by atoms with van der Waals surface area (Å²) in [6, 6.07) is 7.88. The first-order valence-corrected chi connectivity index (χ1v) is 9.25. The highest BCUT2D eigenvalue weighted by atomic mass is 35.5. The van der Waals surface area contributed by atoms with Crippen LogP contribution in [-0.4, -0.2) is 55.8 Å². The number of nitrogens with two attached hydrogens (primary N) is 1. The Morgan fingerprint density at radius 1 is 1.22 bits per heavy atom. The van der Waals surface area contributed by atoms with E-state index in [0.717, 1.165) is 69.8 Å². The lowest BCUT2D eigenvalue weighted by Crippen LogP contribution is -2.51. The summed E-state index contributed by atoms with van der Waals surface area (Å²) in [6.45, 7) is 5.59. The minimum absolute atomic E-state index is 0. The van der Waals surface area contributed by atoms with Gasteiger partial charge in [-0.05, 0) is 30.5 Å². The number of carbonyl (C=O) groups is 1. The van der Waals surface area contributed by atoms with Crippen LogP contribution in [0.3, 0.4) is 0 Å². The maximum Gasteiger partial charge on any atom is 0.240 e. The fourth-order valence-electron chi connectivity index (χ4n) is 3.45. The fourth-order valence-corrected chi connectivity index (χ4v) is 3.45. The molecule has 1 saturated carbocycles. The third kappa shape index (κ3) is 7.12. The predicted octanol–water partition coefficient (Wildman–Crippen LogP) is 2.13. The Morgan fingerprint density at radius 2 is 1.93 bits per heavy atom. The molecule has 0 unspecified atom stereocenters. The molecule has 1 saturated heterocycles. The van der Waals surface area contributed by atoms with Crippen LogP contribution in [0.15, 0.2) is 24.3 Å². The molecule has 0 radical (unpaired) electrons. The predicted molar refractivity (Wildman–Crippen MR) is 111 cm³/mol. The van der Waals surface area contributed by atoms with Crippen LogP contribution in [0.5, 0.6) is 5.75 Å². The monoisotopic (exact) mass is 419 g/mol. The van der Waals surface area contributed by atoms with Gasteiger partial charge < -0.3 is 20.5 Å². The lowest BCUT2D eigenvalue weighted by atomic mass is 9.98. The summed E-state index contributed by atoms with van der Waals surface area (Å²) in [5, 5.41) is 2.97. The third-order valence-corrected chi connectivity index (χ3v) is 5.08. The number of nitrogens with one attached hydrogen (secondary N) is 1. The Hall–Kier alpha value is -1.05. The van der Waals surface area contributed by atoms with E-state index in [1.807, 2.05) is 24.3 Å². The average molecular weight is 420 g/mol. The smallest absolute Gasteiger partial charge is 0.240 e. The maximum atomic E-state index is 12.3. The van der Waals surface area contributed by atoms with Gasteiger partial charge in [0.15, 0.2) is 0 Å². The summed E-state index contributed by atoms with van der Waals surface area (Å²) in [5.74, 6) is 0.798. The summed E-state index contributed by atoms with van der Waals surface area (Å²) in [5.41, 5.74) is 6.54. The third-order valence-electron chi connectivity index (χ3n) is 5.08. The number of benzene rings is 1. The van der Waals surface area contributed by atoms with Gasteiger partial charge in [-0.2, -0.15) is 0 Å². The van der Waals surface area contributed by atoms with Crippen LogP contribution in [-0.2, 0) is 16.1 Å². The first-order valence-electron chi connectivity index (χ1n) is 9.25. The number of hydrogen-bond donors (Lipinski definition) is 2. The van der Waals surface area contributed by atoms with E-state index in [1.54, 1.807) is 0 Å². The number of rotatable bonds is 7. The fraction of sp³-hybridized carbons (Fsp3) is 0.632. The van der Waals surface area contributed by atoms with Crippen molar-refractivity contribution >= 4 is 30.7 Å². The molecule has 0 spiro atoms. The van der Waals surface area contributed by atoms with Gasteiger partial charge in [0.25, 0.3) is 0 Å². The first kappa shape index (κ1) is 24.0. The van der Waals surface area contributed by atoms with Crippen LogP contribution >= 0.6 is 24.8 Å². The first-order chi connectivity index (χ1) is 12.2. The number of ether oxygens (including phenoxy) is 2. The minimum Gasteiger partial charge on any atom is -0.492 e. The van der Waals surface area contributed by atoms with Gasteiger partial charge >= 0.3 is 0 Å². The zero-order valence-electron chi connectivity index (χ0n) is 15.7. The van der Waals surface area contributed by atoms with Gasteiger partial charge in [0.1, 0.15) is 12.4 Å². The van der Waals surface area contributed by atoms with E-state index in [-0.39, 0.29) is 30.7 Å². The Kier molecular flexibility index (Phi) is 10.4. The zero-order chi connectivity index (χ0) is 17.5. The van der Waals surface area contributed by atoms with Crippen LogP contribution in [0.4, 0.5) is 0 Å². The topological polar surface area (TPSA) is 76.8 Å². The van der Waals surface area contributed by atoms with E-state index >= 15 is 0 Å². The van der Waals surface area contributed by atoms with Gasteiger partial charge in [0, 0.05) is 26.2 Å². The van der Waals surface area contributed by atoms with E-state index in [0.29, 0.717) is 13.2 Å². The molecule has 3 N–H and O–H groups in total. The normalized spacial score (nSPS) is 18.9. The van der Waals surface area contributed by atoms with Crippen molar-refractivity contribution in [2.24, 2.45) is 5.73 Å². The highest BCUT2D eigenvalue weighted by molar-refractivity contribution is 5.86. The van der Waals surface area contributed by atoms with Gasteiger partial charge in [-0.1, -0.05) is 25.0 Å². The van der Waals surface area contributed by atoms with E-state index < -0.39 is 5.54 Å². The summed E-state index contributed by atoms with van der Waals surface area (Å²) < 4.78 is 11.2. The van der Waals surface area contributed by atoms with Crippen molar-refractivity contribution < 1.29 is 14.3 Å². The van der Waals surface area contributed by atoms with Crippen molar-refractivity contribution in [3.05, 3.63) is 29.8 Å². The molecular formula is C19H31Cl2N3O3. The van der Waals surface area contributed by atoms with Crippen molar-refractivity contribution in [3.63, 3.8) is 0 Å². The van der Waals surface area contributed by atoms with Crippen molar-refractivity contribution in [2.45, 2.75) is 37.8 Å². The Morgan fingerprint density at radius 3 is 2.63 bits per heavy atom. The van der Waals surface area contributed by atoms with Gasteiger partial charge in [-0.15, -0.1) is 24.8 Å². The second-order valence-electron chi connectivity index (χ2n) is 7.00. The Balaban J connectivity index is 0.00000182. The Bertz CT molecular complexity index is 577. The molecular weight excluding hydrogens is 389 g/mol. The van der Waals surface area contributed by atoms with Crippen LogP contribution in [0.1, 0.15) is 31.2 Å². The second kappa shape index (κ2) is 11.7. The molecule has 1 aromatic carbocycles. The molecule has 27 heavy (non-hydrogen) atoms. The number of morpholine rings is 1. The molecule has 1 aromatic rings. The molecule has 154 valence electrons. The van der Waals surface area contributed by atoms with Gasteiger partial charge in [0.05, 0.1) is 18.8 Å². The summed E-state index contributed by atoms with van der Waals surface area (Å²) in [4.78, 5) is 14.6. The number of halogens is 2. The molecule has 2 fully saturated rings. The van der Waals surface area contributed by atoms with Crippen LogP contribution in [0.2, 0.25) is 0 Å². The number of amides is 1.